The molecule has 23 heavy (non-hydrogen) atoms. The van der Waals surface area contributed by atoms with E-state index in [0.29, 0.717) is 17.9 Å². The predicted molar refractivity (Wildman–Crippen MR) is 83.8 cm³/mol. The lowest BCUT2D eigenvalue weighted by Crippen LogP contribution is -2.46. The molecule has 0 radical (unpaired) electrons. The van der Waals surface area contributed by atoms with Gasteiger partial charge >= 0.3 is 0 Å². The van der Waals surface area contributed by atoms with Crippen LogP contribution in [0.5, 0.6) is 0 Å². The van der Waals surface area contributed by atoms with E-state index in [2.05, 4.69) is 5.10 Å². The van der Waals surface area contributed by atoms with Gasteiger partial charge in [-0.1, -0.05) is 0 Å². The van der Waals surface area contributed by atoms with Gasteiger partial charge in [0.1, 0.15) is 5.76 Å². The predicted octanol–water partition coefficient (Wildman–Crippen LogP) is 1.42. The first-order valence-corrected chi connectivity index (χ1v) is 9.31. The van der Waals surface area contributed by atoms with Crippen LogP contribution in [0.3, 0.4) is 0 Å². The summed E-state index contributed by atoms with van der Waals surface area (Å²) in [4.78, 5) is 14.4. The van der Waals surface area contributed by atoms with E-state index in [9.17, 15) is 13.2 Å². The molecule has 1 atom stereocenters. The highest BCUT2D eigenvalue weighted by atomic mass is 32.2. The smallest absolute Gasteiger partial charge is 0.257 e. The summed E-state index contributed by atoms with van der Waals surface area (Å²) < 4.78 is 31.0. The maximum Gasteiger partial charge on any atom is 0.257 e. The van der Waals surface area contributed by atoms with Gasteiger partial charge in [0.25, 0.3) is 5.91 Å². The zero-order valence-electron chi connectivity index (χ0n) is 13.1. The average Bonchev–Trinajstić information content (AvgIpc) is 3.14. The Morgan fingerprint density at radius 2 is 2.26 bits per heavy atom. The summed E-state index contributed by atoms with van der Waals surface area (Å²) in [6.45, 7) is 4.53. The van der Waals surface area contributed by atoms with Gasteiger partial charge in [-0.15, -0.1) is 0 Å². The molecule has 0 saturated carbocycles. The van der Waals surface area contributed by atoms with Crippen molar-refractivity contribution in [1.29, 1.82) is 0 Å². The summed E-state index contributed by atoms with van der Waals surface area (Å²) in [6, 6.07) is 1.10. The molecule has 1 amide bonds. The van der Waals surface area contributed by atoms with Crippen molar-refractivity contribution < 1.29 is 17.6 Å². The van der Waals surface area contributed by atoms with E-state index in [-0.39, 0.29) is 24.0 Å². The number of nitrogens with zero attached hydrogens (tertiary/aromatic N) is 3. The van der Waals surface area contributed by atoms with Gasteiger partial charge in [-0.2, -0.15) is 5.10 Å². The molecule has 0 spiro atoms. The molecule has 1 fully saturated rings. The highest BCUT2D eigenvalue weighted by Gasteiger charge is 2.36. The van der Waals surface area contributed by atoms with Crippen LogP contribution in [0.15, 0.2) is 29.1 Å². The molecule has 0 bridgehead atoms. The van der Waals surface area contributed by atoms with Crippen molar-refractivity contribution in [2.24, 2.45) is 0 Å². The minimum atomic E-state index is -3.18. The molecule has 0 unspecified atom stereocenters. The van der Waals surface area contributed by atoms with Crippen molar-refractivity contribution in [2.45, 2.75) is 26.4 Å². The second-order valence-corrected chi connectivity index (χ2v) is 7.88. The number of carbonyl (C=O) groups excluding carboxylic acids is 1. The fourth-order valence-electron chi connectivity index (χ4n) is 2.81. The number of carbonyl (C=O) groups is 1. The van der Waals surface area contributed by atoms with Crippen LogP contribution < -0.4 is 0 Å². The van der Waals surface area contributed by atoms with E-state index in [1.165, 1.54) is 6.26 Å². The number of furan rings is 1. The first-order valence-electron chi connectivity index (χ1n) is 7.49. The summed E-state index contributed by atoms with van der Waals surface area (Å²) in [5, 5.41) is 4.20. The van der Waals surface area contributed by atoms with Gasteiger partial charge in [0.05, 0.1) is 35.6 Å². The molecule has 0 aromatic carbocycles. The normalized spacial score (nSPS) is 20.6. The van der Waals surface area contributed by atoms with E-state index >= 15 is 0 Å². The van der Waals surface area contributed by atoms with Crippen LogP contribution in [0.25, 0.3) is 0 Å². The quantitative estimate of drug-likeness (QED) is 0.845. The SMILES string of the molecule is CCn1cc([C@@H]2CS(=O)(=O)CCN2C(=O)c2ccoc2C)cn1. The molecule has 124 valence electrons. The maximum absolute atomic E-state index is 12.8. The van der Waals surface area contributed by atoms with Crippen molar-refractivity contribution >= 4 is 15.7 Å². The summed E-state index contributed by atoms with van der Waals surface area (Å²) in [5.74, 6) is 0.228. The third-order valence-corrected chi connectivity index (χ3v) is 5.77. The van der Waals surface area contributed by atoms with Gasteiger partial charge in [0.2, 0.25) is 0 Å². The minimum absolute atomic E-state index is 0.0198. The number of aromatic nitrogens is 2. The highest BCUT2D eigenvalue weighted by molar-refractivity contribution is 7.91. The van der Waals surface area contributed by atoms with E-state index in [4.69, 9.17) is 4.42 Å². The first-order chi connectivity index (χ1) is 10.9. The molecule has 1 saturated heterocycles. The standard InChI is InChI=1S/C15H19N3O4S/c1-3-17-9-12(8-16-17)14-10-23(20,21)7-5-18(14)15(19)13-4-6-22-11(13)2/h4,6,8-9,14H,3,5,7,10H2,1-2H3/t14-/m0/s1. The maximum atomic E-state index is 12.8. The Morgan fingerprint density at radius 3 is 2.87 bits per heavy atom. The zero-order valence-corrected chi connectivity index (χ0v) is 13.9. The molecular formula is C15H19N3O4S. The lowest BCUT2D eigenvalue weighted by molar-refractivity contribution is 0.0695. The molecule has 2 aromatic heterocycles. The topological polar surface area (TPSA) is 85.4 Å². The fraction of sp³-hybridized carbons (Fsp3) is 0.467. The summed E-state index contributed by atoms with van der Waals surface area (Å²) in [6.07, 6.45) is 4.90. The lowest BCUT2D eigenvalue weighted by atomic mass is 10.1. The van der Waals surface area contributed by atoms with Crippen molar-refractivity contribution in [3.8, 4) is 0 Å². The minimum Gasteiger partial charge on any atom is -0.469 e. The van der Waals surface area contributed by atoms with Crippen LogP contribution in [0, 0.1) is 6.92 Å². The number of aryl methyl sites for hydroxylation is 2. The largest absolute Gasteiger partial charge is 0.469 e. The molecule has 1 aliphatic heterocycles. The number of hydrogen-bond acceptors (Lipinski definition) is 5. The number of rotatable bonds is 3. The van der Waals surface area contributed by atoms with Gasteiger partial charge < -0.3 is 9.32 Å². The molecule has 3 heterocycles. The van der Waals surface area contributed by atoms with Crippen molar-refractivity contribution in [2.75, 3.05) is 18.1 Å². The van der Waals surface area contributed by atoms with Crippen LogP contribution >= 0.6 is 0 Å². The van der Waals surface area contributed by atoms with Gasteiger partial charge in [-0.05, 0) is 19.9 Å². The second kappa shape index (κ2) is 5.84. The molecule has 0 aliphatic carbocycles. The molecule has 8 heteroatoms. The van der Waals surface area contributed by atoms with Crippen LogP contribution in [0.4, 0.5) is 0 Å². The second-order valence-electron chi connectivity index (χ2n) is 5.65. The zero-order chi connectivity index (χ0) is 16.6. The third-order valence-electron chi connectivity index (χ3n) is 4.14. The monoisotopic (exact) mass is 337 g/mol. The van der Waals surface area contributed by atoms with Gasteiger partial charge in [0.15, 0.2) is 9.84 Å². The Labute approximate surface area is 134 Å². The molecule has 0 N–H and O–H groups in total. The first kappa shape index (κ1) is 15.8. The van der Waals surface area contributed by atoms with Gasteiger partial charge in [0, 0.05) is 24.8 Å². The summed E-state index contributed by atoms with van der Waals surface area (Å²) >= 11 is 0. The Balaban J connectivity index is 1.96. The van der Waals surface area contributed by atoms with Crippen molar-refractivity contribution in [1.82, 2.24) is 14.7 Å². The summed E-state index contributed by atoms with van der Waals surface area (Å²) in [5.41, 5.74) is 1.21. The Morgan fingerprint density at radius 1 is 1.48 bits per heavy atom. The number of hydrogen-bond donors (Lipinski definition) is 0. The lowest BCUT2D eigenvalue weighted by Gasteiger charge is -2.34. The molecule has 2 aromatic rings. The van der Waals surface area contributed by atoms with Crippen LogP contribution in [-0.4, -0.2) is 47.1 Å². The molecule has 7 nitrogen and oxygen atoms in total. The van der Waals surface area contributed by atoms with E-state index in [0.717, 1.165) is 5.56 Å². The van der Waals surface area contributed by atoms with Crippen LogP contribution in [-0.2, 0) is 16.4 Å². The van der Waals surface area contributed by atoms with E-state index in [1.807, 2.05) is 6.92 Å². The third kappa shape index (κ3) is 3.03. The van der Waals surface area contributed by atoms with Crippen molar-refractivity contribution in [3.05, 3.63) is 41.6 Å². The Hall–Kier alpha value is -2.09. The molecule has 1 aliphatic rings. The Bertz CT molecular complexity index is 821. The van der Waals surface area contributed by atoms with E-state index < -0.39 is 15.9 Å². The van der Waals surface area contributed by atoms with E-state index in [1.54, 1.807) is 35.0 Å². The summed E-state index contributed by atoms with van der Waals surface area (Å²) in [7, 11) is -3.18. The van der Waals surface area contributed by atoms with Gasteiger partial charge in [-0.25, -0.2) is 8.42 Å². The average molecular weight is 337 g/mol. The molecule has 3 rings (SSSR count). The van der Waals surface area contributed by atoms with Crippen molar-refractivity contribution in [3.63, 3.8) is 0 Å². The Kier molecular flexibility index (Phi) is 4.01. The van der Waals surface area contributed by atoms with Crippen LogP contribution in [0.1, 0.15) is 34.6 Å². The highest BCUT2D eigenvalue weighted by Crippen LogP contribution is 2.29. The molecular weight excluding hydrogens is 318 g/mol. The van der Waals surface area contributed by atoms with Crippen LogP contribution in [0.2, 0.25) is 0 Å². The fourth-order valence-corrected chi connectivity index (χ4v) is 4.31. The number of amides is 1. The van der Waals surface area contributed by atoms with Gasteiger partial charge in [-0.3, -0.25) is 9.48 Å². The number of sulfone groups is 1.